The molecule has 0 spiro atoms. The van der Waals surface area contributed by atoms with Gasteiger partial charge in [0.1, 0.15) is 12.1 Å². The Morgan fingerprint density at radius 3 is 3.00 bits per heavy atom. The summed E-state index contributed by atoms with van der Waals surface area (Å²) in [6.07, 6.45) is 2.54. The number of nitrogens with zero attached hydrogens (tertiary/aromatic N) is 2. The summed E-state index contributed by atoms with van der Waals surface area (Å²) in [5.74, 6) is 0.904. The third-order valence-corrected chi connectivity index (χ3v) is 1.88. The molecule has 0 aromatic carbocycles. The van der Waals surface area contributed by atoms with Gasteiger partial charge in [-0.1, -0.05) is 22.9 Å². The molecule has 0 aliphatic rings. The normalized spacial score (nSPS) is 9.83. The zero-order valence-electron chi connectivity index (χ0n) is 7.05. The van der Waals surface area contributed by atoms with Crippen LogP contribution in [0, 0.1) is 0 Å². The fourth-order valence-electron chi connectivity index (χ4n) is 0.863. The minimum absolute atomic E-state index is 0.889. The third-order valence-electron chi connectivity index (χ3n) is 1.49. The van der Waals surface area contributed by atoms with Gasteiger partial charge in [0, 0.05) is 23.6 Å². The van der Waals surface area contributed by atoms with Crippen LogP contribution in [0.2, 0.25) is 0 Å². The van der Waals surface area contributed by atoms with Crippen molar-refractivity contribution in [2.45, 2.75) is 13.3 Å². The molecule has 3 nitrogen and oxygen atoms in total. The van der Waals surface area contributed by atoms with E-state index in [0.29, 0.717) is 0 Å². The van der Waals surface area contributed by atoms with Crippen molar-refractivity contribution in [2.75, 3.05) is 17.2 Å². The number of nitrogens with one attached hydrogen (secondary N) is 1. The van der Waals surface area contributed by atoms with Gasteiger partial charge in [-0.3, -0.25) is 0 Å². The van der Waals surface area contributed by atoms with Crippen LogP contribution in [0.4, 0.5) is 5.82 Å². The maximum absolute atomic E-state index is 4.10. The van der Waals surface area contributed by atoms with Crippen LogP contribution < -0.4 is 5.32 Å². The van der Waals surface area contributed by atoms with Gasteiger partial charge in [0.15, 0.2) is 0 Å². The number of hydrogen-bond donors (Lipinski definition) is 1. The maximum atomic E-state index is 4.10. The highest BCUT2D eigenvalue weighted by atomic mass is 79.9. The molecule has 1 rings (SSSR count). The van der Waals surface area contributed by atoms with E-state index in [4.69, 9.17) is 0 Å². The number of aromatic nitrogens is 2. The van der Waals surface area contributed by atoms with E-state index in [0.717, 1.165) is 29.8 Å². The molecule has 0 radical (unpaired) electrons. The Morgan fingerprint density at radius 1 is 1.50 bits per heavy atom. The van der Waals surface area contributed by atoms with E-state index >= 15 is 0 Å². The predicted octanol–water partition coefficient (Wildman–Crippen LogP) is 1.85. The van der Waals surface area contributed by atoms with Gasteiger partial charge in [-0.2, -0.15) is 0 Å². The summed E-state index contributed by atoms with van der Waals surface area (Å²) in [5, 5.41) is 4.10. The van der Waals surface area contributed by atoms with E-state index in [1.165, 1.54) is 0 Å². The van der Waals surface area contributed by atoms with Crippen LogP contribution >= 0.6 is 15.9 Å². The smallest absolute Gasteiger partial charge is 0.129 e. The number of halogens is 1. The number of aryl methyl sites for hydroxylation is 1. The number of rotatable bonds is 4. The van der Waals surface area contributed by atoms with Crippen molar-refractivity contribution in [1.82, 2.24) is 9.97 Å². The fourth-order valence-corrected chi connectivity index (χ4v) is 1.06. The van der Waals surface area contributed by atoms with Crippen LogP contribution in [-0.4, -0.2) is 21.8 Å². The van der Waals surface area contributed by atoms with Gasteiger partial charge >= 0.3 is 0 Å². The quantitative estimate of drug-likeness (QED) is 0.802. The van der Waals surface area contributed by atoms with Crippen LogP contribution in [0.1, 0.15) is 12.6 Å². The zero-order valence-corrected chi connectivity index (χ0v) is 8.63. The molecule has 4 heteroatoms. The Hall–Kier alpha value is -0.640. The van der Waals surface area contributed by atoms with Crippen LogP contribution in [-0.2, 0) is 6.42 Å². The van der Waals surface area contributed by atoms with Gasteiger partial charge in [0.25, 0.3) is 0 Å². The standard InChI is InChI=1S/C8H12BrN3/c1-2-7-5-8(10-4-3-9)12-6-11-7/h5-6H,2-4H2,1H3,(H,10,11,12). The lowest BCUT2D eigenvalue weighted by molar-refractivity contribution is 0.993. The molecule has 12 heavy (non-hydrogen) atoms. The molecular formula is C8H12BrN3. The van der Waals surface area contributed by atoms with Gasteiger partial charge in [-0.05, 0) is 6.42 Å². The van der Waals surface area contributed by atoms with Crippen molar-refractivity contribution in [3.8, 4) is 0 Å². The van der Waals surface area contributed by atoms with Gasteiger partial charge in [0.05, 0.1) is 0 Å². The van der Waals surface area contributed by atoms with Crippen LogP contribution in [0.15, 0.2) is 12.4 Å². The molecule has 66 valence electrons. The number of hydrogen-bond acceptors (Lipinski definition) is 3. The first kappa shape index (κ1) is 9.45. The second-order valence-electron chi connectivity index (χ2n) is 2.36. The molecule has 0 amide bonds. The van der Waals surface area contributed by atoms with Crippen molar-refractivity contribution in [1.29, 1.82) is 0 Å². The maximum Gasteiger partial charge on any atom is 0.129 e. The van der Waals surface area contributed by atoms with E-state index in [1.807, 2.05) is 6.07 Å². The highest BCUT2D eigenvalue weighted by molar-refractivity contribution is 9.09. The molecular weight excluding hydrogens is 218 g/mol. The summed E-state index contributed by atoms with van der Waals surface area (Å²) in [5.41, 5.74) is 1.07. The molecule has 0 unspecified atom stereocenters. The molecule has 0 saturated carbocycles. The van der Waals surface area contributed by atoms with E-state index < -0.39 is 0 Å². The summed E-state index contributed by atoms with van der Waals surface area (Å²) in [6.45, 7) is 2.97. The Bertz CT molecular complexity index is 239. The summed E-state index contributed by atoms with van der Waals surface area (Å²) in [4.78, 5) is 8.18. The first-order valence-electron chi connectivity index (χ1n) is 3.97. The number of alkyl halides is 1. The molecule has 0 aliphatic heterocycles. The third kappa shape index (κ3) is 2.77. The van der Waals surface area contributed by atoms with E-state index in [2.05, 4.69) is 38.1 Å². The molecule has 0 fully saturated rings. The molecule has 1 aromatic rings. The van der Waals surface area contributed by atoms with Crippen LogP contribution in [0.3, 0.4) is 0 Å². The van der Waals surface area contributed by atoms with Gasteiger partial charge in [-0.25, -0.2) is 9.97 Å². The monoisotopic (exact) mass is 229 g/mol. The van der Waals surface area contributed by atoms with Crippen molar-refractivity contribution >= 4 is 21.7 Å². The summed E-state index contributed by atoms with van der Waals surface area (Å²) in [6, 6.07) is 1.97. The minimum Gasteiger partial charge on any atom is -0.369 e. The highest BCUT2D eigenvalue weighted by Crippen LogP contribution is 2.03. The second-order valence-corrected chi connectivity index (χ2v) is 3.16. The van der Waals surface area contributed by atoms with Crippen LogP contribution in [0.5, 0.6) is 0 Å². The number of anilines is 1. The first-order chi connectivity index (χ1) is 5.86. The molecule has 1 aromatic heterocycles. The lowest BCUT2D eigenvalue weighted by atomic mass is 10.3. The molecule has 0 bridgehead atoms. The fraction of sp³-hybridized carbons (Fsp3) is 0.500. The molecule has 1 heterocycles. The zero-order chi connectivity index (χ0) is 8.81. The average Bonchev–Trinajstić information content (AvgIpc) is 2.15. The SMILES string of the molecule is CCc1cc(NCCBr)ncn1. The van der Waals surface area contributed by atoms with Crippen molar-refractivity contribution in [3.05, 3.63) is 18.1 Å². The largest absolute Gasteiger partial charge is 0.369 e. The lowest BCUT2D eigenvalue weighted by Gasteiger charge is -2.03. The Balaban J connectivity index is 2.60. The van der Waals surface area contributed by atoms with Gasteiger partial charge in [0.2, 0.25) is 0 Å². The average molecular weight is 230 g/mol. The molecule has 0 saturated heterocycles. The van der Waals surface area contributed by atoms with Crippen LogP contribution in [0.25, 0.3) is 0 Å². The van der Waals surface area contributed by atoms with Crippen molar-refractivity contribution in [2.24, 2.45) is 0 Å². The minimum atomic E-state index is 0.889. The van der Waals surface area contributed by atoms with Gasteiger partial charge in [-0.15, -0.1) is 0 Å². The topological polar surface area (TPSA) is 37.8 Å². The Labute approximate surface area is 80.7 Å². The summed E-state index contributed by atoms with van der Waals surface area (Å²) in [7, 11) is 0. The highest BCUT2D eigenvalue weighted by Gasteiger charge is 1.94. The van der Waals surface area contributed by atoms with E-state index in [9.17, 15) is 0 Å². The van der Waals surface area contributed by atoms with E-state index in [-0.39, 0.29) is 0 Å². The summed E-state index contributed by atoms with van der Waals surface area (Å²) >= 11 is 3.34. The predicted molar refractivity (Wildman–Crippen MR) is 53.7 cm³/mol. The molecule has 1 N–H and O–H groups in total. The van der Waals surface area contributed by atoms with Crippen molar-refractivity contribution in [3.63, 3.8) is 0 Å². The lowest BCUT2D eigenvalue weighted by Crippen LogP contribution is -2.04. The molecule has 0 atom stereocenters. The Morgan fingerprint density at radius 2 is 2.33 bits per heavy atom. The summed E-state index contributed by atoms with van der Waals surface area (Å²) < 4.78 is 0. The first-order valence-corrected chi connectivity index (χ1v) is 5.09. The van der Waals surface area contributed by atoms with Gasteiger partial charge < -0.3 is 5.32 Å². The molecule has 0 aliphatic carbocycles. The van der Waals surface area contributed by atoms with Crippen molar-refractivity contribution < 1.29 is 0 Å². The second kappa shape index (κ2) is 5.09. The van der Waals surface area contributed by atoms with E-state index in [1.54, 1.807) is 6.33 Å². The Kier molecular flexibility index (Phi) is 4.00.